The minimum absolute atomic E-state index is 0.154. The second kappa shape index (κ2) is 18.0. The molecule has 40 heavy (non-hydrogen) atoms. The van der Waals surface area contributed by atoms with E-state index in [0.29, 0.717) is 38.3 Å². The van der Waals surface area contributed by atoms with E-state index in [4.69, 9.17) is 58.3 Å². The Balaban J connectivity index is 0.00000134. The van der Waals surface area contributed by atoms with E-state index >= 15 is 0 Å². The molecule has 0 aliphatic carbocycles. The number of hydrogen-bond acceptors (Lipinski definition) is 8. The summed E-state index contributed by atoms with van der Waals surface area (Å²) in [6, 6.07) is 0.257. The van der Waals surface area contributed by atoms with Crippen LogP contribution in [0.4, 0.5) is 0 Å². The van der Waals surface area contributed by atoms with Crippen molar-refractivity contribution in [3.8, 4) is 0 Å². The molecule has 2 fully saturated rings. The highest BCUT2D eigenvalue weighted by Crippen LogP contribution is 2.43. The first-order valence-electron chi connectivity index (χ1n) is 14.8. The van der Waals surface area contributed by atoms with E-state index in [1.807, 2.05) is 51.2 Å². The van der Waals surface area contributed by atoms with Gasteiger partial charge in [0.25, 0.3) is 0 Å². The summed E-state index contributed by atoms with van der Waals surface area (Å²) in [4.78, 5) is 10.7. The van der Waals surface area contributed by atoms with Gasteiger partial charge in [-0.1, -0.05) is 76.6 Å². The van der Waals surface area contributed by atoms with Gasteiger partial charge in [0.05, 0.1) is 9.98 Å². The van der Waals surface area contributed by atoms with Crippen molar-refractivity contribution in [3.63, 3.8) is 0 Å². The molecule has 4 aliphatic rings. The van der Waals surface area contributed by atoms with Gasteiger partial charge in [-0.25, -0.2) is 0 Å². The highest BCUT2D eigenvalue weighted by atomic mass is 32.2. The molecule has 2 saturated heterocycles. The highest BCUT2D eigenvalue weighted by molar-refractivity contribution is 8.03. The van der Waals surface area contributed by atoms with Crippen molar-refractivity contribution < 1.29 is 9.47 Å². The summed E-state index contributed by atoms with van der Waals surface area (Å²) in [5, 5.41) is 0. The maximum absolute atomic E-state index is 5.94. The molecule has 4 aliphatic heterocycles. The molecule has 4 heterocycles. The molecule has 0 amide bonds. The largest absolute Gasteiger partial charge is 0.381 e. The molecule has 4 rings (SSSR count). The summed E-state index contributed by atoms with van der Waals surface area (Å²) in [5.41, 5.74) is -0.154. The summed E-state index contributed by atoms with van der Waals surface area (Å²) in [6.45, 7) is 17.4. The Morgan fingerprint density at radius 1 is 0.825 bits per heavy atom. The molecule has 3 unspecified atom stereocenters. The van der Waals surface area contributed by atoms with Gasteiger partial charge in [0, 0.05) is 49.8 Å². The first-order chi connectivity index (χ1) is 19.2. The van der Waals surface area contributed by atoms with Crippen LogP contribution in [0, 0.1) is 11.8 Å². The van der Waals surface area contributed by atoms with Gasteiger partial charge in [-0.05, 0) is 86.3 Å². The number of nitrogens with zero attached hydrogens (tertiary/aromatic N) is 2. The minimum Gasteiger partial charge on any atom is -0.381 e. The number of ether oxygens (including phenoxy) is 2. The van der Waals surface area contributed by atoms with Crippen LogP contribution in [0.3, 0.4) is 0 Å². The Hall–Kier alpha value is 0.0600. The third kappa shape index (κ3) is 9.28. The zero-order chi connectivity index (χ0) is 29.9. The monoisotopic (exact) mass is 660 g/mol. The highest BCUT2D eigenvalue weighted by Gasteiger charge is 2.40. The van der Waals surface area contributed by atoms with Crippen molar-refractivity contribution in [2.75, 3.05) is 37.9 Å². The molecule has 226 valence electrons. The summed E-state index contributed by atoms with van der Waals surface area (Å²) in [5.74, 6) is 3.03. The van der Waals surface area contributed by atoms with E-state index in [-0.39, 0.29) is 11.6 Å². The smallest absolute Gasteiger partial charge is 0.108 e. The van der Waals surface area contributed by atoms with Gasteiger partial charge in [-0.2, -0.15) is 0 Å². The van der Waals surface area contributed by atoms with E-state index in [1.165, 1.54) is 9.81 Å². The van der Waals surface area contributed by atoms with Crippen LogP contribution in [0.25, 0.3) is 0 Å². The van der Waals surface area contributed by atoms with Gasteiger partial charge in [0.2, 0.25) is 0 Å². The maximum atomic E-state index is 5.94. The Morgan fingerprint density at radius 2 is 1.35 bits per heavy atom. The molecule has 0 saturated carbocycles. The van der Waals surface area contributed by atoms with E-state index in [1.54, 1.807) is 0 Å². The van der Waals surface area contributed by atoms with Crippen molar-refractivity contribution >= 4 is 92.3 Å². The topological polar surface area (TPSA) is 24.9 Å². The van der Waals surface area contributed by atoms with E-state index in [9.17, 15) is 0 Å². The summed E-state index contributed by atoms with van der Waals surface area (Å²) in [6.07, 6.45) is 9.22. The van der Waals surface area contributed by atoms with E-state index < -0.39 is 0 Å². The zero-order valence-corrected chi connectivity index (χ0v) is 30.2. The molecule has 0 aromatic carbocycles. The van der Waals surface area contributed by atoms with Crippen LogP contribution in [-0.2, 0) is 9.47 Å². The van der Waals surface area contributed by atoms with Crippen molar-refractivity contribution in [1.82, 2.24) is 9.80 Å². The predicted molar refractivity (Wildman–Crippen MR) is 193 cm³/mol. The first-order valence-corrected chi connectivity index (χ1v) is 18.4. The maximum Gasteiger partial charge on any atom is 0.108 e. The van der Waals surface area contributed by atoms with Crippen LogP contribution in [0.2, 0.25) is 0 Å². The molecule has 0 N–H and O–H groups in total. The Kier molecular flexibility index (Phi) is 16.3. The summed E-state index contributed by atoms with van der Waals surface area (Å²) >= 11 is 26.8. The fourth-order valence-corrected chi connectivity index (χ4v) is 9.92. The molecule has 0 spiro atoms. The summed E-state index contributed by atoms with van der Waals surface area (Å²) < 4.78 is 11.8. The molecule has 10 heteroatoms. The van der Waals surface area contributed by atoms with Crippen LogP contribution in [-0.4, -0.2) is 79.3 Å². The Bertz CT molecular complexity index is 964. The molecule has 4 nitrogen and oxygen atoms in total. The third-order valence-corrected chi connectivity index (χ3v) is 11.2. The van der Waals surface area contributed by atoms with Crippen LogP contribution in [0.5, 0.6) is 0 Å². The van der Waals surface area contributed by atoms with Gasteiger partial charge in [0.1, 0.15) is 9.98 Å². The zero-order valence-electron chi connectivity index (χ0n) is 25.3. The van der Waals surface area contributed by atoms with Crippen LogP contribution in [0.15, 0.2) is 22.0 Å². The quantitative estimate of drug-likeness (QED) is 0.149. The minimum atomic E-state index is -0.154. The van der Waals surface area contributed by atoms with Crippen molar-refractivity contribution in [1.29, 1.82) is 0 Å². The number of hydrogen-bond donors (Lipinski definition) is 0. The standard InChI is InChI=1S/C26H36N2O2S6.2C2H6/c1-17(27-22(31)15-20-18(24(27)33)6-13-35-20)5-11-29-9-4-10-30-12-8-26(2,3)28-23(32)16-21-19(25(28)34)7-14-36-21;2*1-2/h15-19H,4-14H2,1-3H3;2*1-2H3. The van der Waals surface area contributed by atoms with Crippen molar-refractivity contribution in [3.05, 3.63) is 22.0 Å². The predicted octanol–water partition coefficient (Wildman–Crippen LogP) is 8.62. The van der Waals surface area contributed by atoms with E-state index in [0.717, 1.165) is 63.6 Å². The Morgan fingerprint density at radius 3 is 1.95 bits per heavy atom. The van der Waals surface area contributed by atoms with Gasteiger partial charge in [0.15, 0.2) is 0 Å². The van der Waals surface area contributed by atoms with Gasteiger partial charge in [-0.3, -0.25) is 0 Å². The van der Waals surface area contributed by atoms with Crippen molar-refractivity contribution in [2.45, 2.75) is 92.2 Å². The lowest BCUT2D eigenvalue weighted by molar-refractivity contribution is 0.0671. The molecule has 0 aromatic heterocycles. The van der Waals surface area contributed by atoms with Gasteiger partial charge >= 0.3 is 0 Å². The van der Waals surface area contributed by atoms with Crippen LogP contribution < -0.4 is 0 Å². The van der Waals surface area contributed by atoms with Gasteiger partial charge in [-0.15, -0.1) is 23.5 Å². The van der Waals surface area contributed by atoms with Gasteiger partial charge < -0.3 is 19.3 Å². The average molecular weight is 661 g/mol. The second-order valence-electron chi connectivity index (χ2n) is 10.3. The SMILES string of the molecule is CC.CC.CC(CCOCCCOCCC(C)(C)N1C(=S)C=C2SCCC2C1=S)N1C(=S)C=C2SCCC2C1=S. The Labute approximate surface area is 273 Å². The second-order valence-corrected chi connectivity index (χ2v) is 14.3. The molecular weight excluding hydrogens is 613 g/mol. The number of fused-ring (bicyclic) bond motifs is 2. The molecule has 3 atom stereocenters. The lowest BCUT2D eigenvalue weighted by Gasteiger charge is -2.44. The number of thioether (sulfide) groups is 2. The van der Waals surface area contributed by atoms with Crippen LogP contribution in [0.1, 0.15) is 80.6 Å². The van der Waals surface area contributed by atoms with E-state index in [2.05, 4.69) is 42.7 Å². The molecule has 0 bridgehead atoms. The fraction of sp³-hybridized carbons (Fsp3) is 0.733. The lowest BCUT2D eigenvalue weighted by atomic mass is 9.93. The lowest BCUT2D eigenvalue weighted by Crippen LogP contribution is -2.53. The number of rotatable bonds is 12. The third-order valence-electron chi connectivity index (χ3n) is 7.24. The number of thiocarbonyl (C=S) groups is 4. The molecule has 0 radical (unpaired) electrons. The molecule has 0 aromatic rings. The van der Waals surface area contributed by atoms with Crippen molar-refractivity contribution in [2.24, 2.45) is 11.8 Å². The molecular formula is C30H48N2O2S6. The normalized spacial score (nSPS) is 23.0. The summed E-state index contributed by atoms with van der Waals surface area (Å²) in [7, 11) is 0. The van der Waals surface area contributed by atoms with Crippen LogP contribution >= 0.6 is 72.4 Å². The average Bonchev–Trinajstić information content (AvgIpc) is 3.60. The first kappa shape index (κ1) is 36.3. The fourth-order valence-electron chi connectivity index (χ4n) is 5.08.